The number of ether oxygens (including phenoxy) is 1. The fourth-order valence-electron chi connectivity index (χ4n) is 2.89. The van der Waals surface area contributed by atoms with Crippen LogP contribution in [0.5, 0.6) is 11.6 Å². The highest BCUT2D eigenvalue weighted by molar-refractivity contribution is 7.89. The molecule has 174 valence electrons. The van der Waals surface area contributed by atoms with Crippen LogP contribution in [-0.2, 0) is 10.0 Å². The highest BCUT2D eigenvalue weighted by Gasteiger charge is 2.22. The molecule has 0 aliphatic rings. The van der Waals surface area contributed by atoms with Gasteiger partial charge >= 0.3 is 0 Å². The van der Waals surface area contributed by atoms with Crippen molar-refractivity contribution in [3.05, 3.63) is 82.2 Å². The van der Waals surface area contributed by atoms with E-state index in [1.165, 1.54) is 12.1 Å². The topological polar surface area (TPSA) is 110 Å². The van der Waals surface area contributed by atoms with Crippen molar-refractivity contribution in [2.45, 2.75) is 4.90 Å². The number of hydrogen-bond acceptors (Lipinski definition) is 6. The summed E-state index contributed by atoms with van der Waals surface area (Å²) in [5.74, 6) is -1.53. The summed E-state index contributed by atoms with van der Waals surface area (Å²) in [4.78, 5) is 21.8. The maximum Gasteiger partial charge on any atom is 0.279 e. The summed E-state index contributed by atoms with van der Waals surface area (Å²) in [6.07, 6.45) is 0. The number of fused-ring (bicyclic) bond motifs is 1. The van der Waals surface area contributed by atoms with E-state index in [-0.39, 0.29) is 33.1 Å². The molecule has 1 aromatic heterocycles. The van der Waals surface area contributed by atoms with Gasteiger partial charge in [0.15, 0.2) is 5.69 Å². The Balaban J connectivity index is 1.72. The Labute approximate surface area is 201 Å². The van der Waals surface area contributed by atoms with Crippen molar-refractivity contribution >= 4 is 55.9 Å². The van der Waals surface area contributed by atoms with Gasteiger partial charge in [-0.2, -0.15) is 0 Å². The quantitative estimate of drug-likeness (QED) is 0.332. The van der Waals surface area contributed by atoms with Gasteiger partial charge in [0.1, 0.15) is 16.5 Å². The number of aromatic nitrogens is 2. The van der Waals surface area contributed by atoms with Crippen molar-refractivity contribution in [2.75, 3.05) is 5.32 Å². The molecular weight excluding hydrogens is 513 g/mol. The largest absolute Gasteiger partial charge is 0.435 e. The number of para-hydroxylation sites is 2. The van der Waals surface area contributed by atoms with Gasteiger partial charge in [0.25, 0.3) is 21.8 Å². The Morgan fingerprint density at radius 2 is 1.65 bits per heavy atom. The lowest BCUT2D eigenvalue weighted by atomic mass is 10.2. The van der Waals surface area contributed by atoms with Gasteiger partial charge in [-0.15, -0.1) is 4.48 Å². The molecule has 0 atom stereocenters. The molecule has 1 amide bonds. The van der Waals surface area contributed by atoms with Gasteiger partial charge in [-0.05, 0) is 53.5 Å². The van der Waals surface area contributed by atoms with Crippen molar-refractivity contribution in [1.29, 1.82) is 0 Å². The number of halogens is 4. The summed E-state index contributed by atoms with van der Waals surface area (Å²) in [5, 5.41) is 2.12. The van der Waals surface area contributed by atoms with Gasteiger partial charge < -0.3 is 10.1 Å². The van der Waals surface area contributed by atoms with Crippen LogP contribution in [-0.4, -0.2) is 24.3 Å². The van der Waals surface area contributed by atoms with Crippen molar-refractivity contribution in [3.63, 3.8) is 0 Å². The third-order valence-corrected chi connectivity index (χ3v) is 6.29. The minimum absolute atomic E-state index is 0.0398. The van der Waals surface area contributed by atoms with Crippen molar-refractivity contribution in [2.24, 2.45) is 0 Å². The van der Waals surface area contributed by atoms with Crippen molar-refractivity contribution < 1.29 is 26.8 Å². The zero-order valence-electron chi connectivity index (χ0n) is 16.7. The van der Waals surface area contributed by atoms with Crippen LogP contribution < -0.4 is 15.0 Å². The lowest BCUT2D eigenvalue weighted by Crippen LogP contribution is -2.17. The van der Waals surface area contributed by atoms with Crippen molar-refractivity contribution in [1.82, 2.24) is 14.9 Å². The fraction of sp³-hybridized carbons (Fsp3) is 0. The zero-order valence-corrected chi connectivity index (χ0v) is 19.0. The summed E-state index contributed by atoms with van der Waals surface area (Å²) in [6, 6.07) is 13.5. The number of nitrogens with one attached hydrogen (secondary N) is 2. The molecule has 13 heteroatoms. The van der Waals surface area contributed by atoms with Crippen LogP contribution in [0.25, 0.3) is 11.0 Å². The molecule has 0 radical (unpaired) electrons. The van der Waals surface area contributed by atoms with Crippen LogP contribution >= 0.6 is 23.2 Å². The minimum atomic E-state index is -4.44. The number of amides is 1. The van der Waals surface area contributed by atoms with Gasteiger partial charge in [0.2, 0.25) is 0 Å². The van der Waals surface area contributed by atoms with Crippen molar-refractivity contribution in [3.8, 4) is 11.6 Å². The number of sulfonamides is 1. The first-order valence-corrected chi connectivity index (χ1v) is 11.5. The summed E-state index contributed by atoms with van der Waals surface area (Å²) in [5.41, 5.74) is 0.660. The first kappa shape index (κ1) is 23.8. The summed E-state index contributed by atoms with van der Waals surface area (Å²) in [6.45, 7) is 0. The zero-order chi connectivity index (χ0) is 24.5. The van der Waals surface area contributed by atoms with E-state index in [1.54, 1.807) is 24.3 Å². The maximum absolute atomic E-state index is 13.4. The molecule has 0 aliphatic heterocycles. The summed E-state index contributed by atoms with van der Waals surface area (Å²) >= 11 is 12.0. The highest BCUT2D eigenvalue weighted by Crippen LogP contribution is 2.32. The van der Waals surface area contributed by atoms with Crippen LogP contribution in [0, 0.1) is 5.82 Å². The number of anilines is 1. The van der Waals surface area contributed by atoms with E-state index >= 15 is 0 Å². The van der Waals surface area contributed by atoms with E-state index in [9.17, 15) is 22.1 Å². The SMILES string of the molecule is O=C(Nc1ccc(S(=O)(=O)NF)c(Cl)c1)c1nc2ccccc2nc1Oc1ccc(F)cc1Cl. The molecule has 0 spiro atoms. The second kappa shape index (κ2) is 9.47. The first-order chi connectivity index (χ1) is 16.2. The summed E-state index contributed by atoms with van der Waals surface area (Å²) < 4.78 is 54.9. The van der Waals surface area contributed by atoms with E-state index in [0.717, 1.165) is 24.3 Å². The predicted molar refractivity (Wildman–Crippen MR) is 122 cm³/mol. The number of hydrogen-bond donors (Lipinski definition) is 2. The Bertz CT molecular complexity index is 1540. The molecule has 3 aromatic carbocycles. The smallest absolute Gasteiger partial charge is 0.279 e. The van der Waals surface area contributed by atoms with Crippen LogP contribution in [0.1, 0.15) is 10.5 Å². The van der Waals surface area contributed by atoms with Gasteiger partial charge in [0, 0.05) is 5.69 Å². The molecule has 0 bridgehead atoms. The third-order valence-electron chi connectivity index (χ3n) is 4.44. The van der Waals surface area contributed by atoms with Crippen LogP contribution in [0.4, 0.5) is 14.6 Å². The number of nitrogens with zero attached hydrogens (tertiary/aromatic N) is 2. The van der Waals surface area contributed by atoms with E-state index in [2.05, 4.69) is 15.3 Å². The van der Waals surface area contributed by atoms with E-state index in [0.29, 0.717) is 16.0 Å². The van der Waals surface area contributed by atoms with Gasteiger partial charge in [0.05, 0.1) is 21.1 Å². The van der Waals surface area contributed by atoms with E-state index in [1.807, 2.05) is 0 Å². The minimum Gasteiger partial charge on any atom is -0.435 e. The Morgan fingerprint density at radius 1 is 0.941 bits per heavy atom. The second-order valence-corrected chi connectivity index (χ2v) is 9.14. The molecule has 0 fully saturated rings. The number of carbonyl (C=O) groups is 1. The molecule has 4 rings (SSSR count). The van der Waals surface area contributed by atoms with Gasteiger partial charge in [-0.25, -0.2) is 22.8 Å². The number of benzene rings is 3. The Hall–Kier alpha value is -3.38. The Kier molecular flexibility index (Phi) is 6.62. The lowest BCUT2D eigenvalue weighted by molar-refractivity contribution is 0.101. The molecule has 0 unspecified atom stereocenters. The van der Waals surface area contributed by atoms with Crippen LogP contribution in [0.2, 0.25) is 10.0 Å². The molecular formula is C21H12Cl2F2N4O4S. The predicted octanol–water partition coefficient (Wildman–Crippen LogP) is 5.28. The van der Waals surface area contributed by atoms with Crippen LogP contribution in [0.3, 0.4) is 0 Å². The van der Waals surface area contributed by atoms with Crippen LogP contribution in [0.15, 0.2) is 65.6 Å². The standard InChI is InChI=1S/C21H12Cl2F2N4O4S/c22-13-9-11(24)5-7-17(13)33-21-19(27-15-3-1-2-4-16(15)28-21)20(30)26-12-6-8-18(14(23)10-12)34(31,32)29-25/h1-10,29H,(H,26,30). The molecule has 34 heavy (non-hydrogen) atoms. The second-order valence-electron chi connectivity index (χ2n) is 6.72. The molecule has 1 heterocycles. The summed E-state index contributed by atoms with van der Waals surface area (Å²) in [7, 11) is -4.44. The fourth-order valence-corrected chi connectivity index (χ4v) is 4.23. The molecule has 8 nitrogen and oxygen atoms in total. The van der Waals surface area contributed by atoms with E-state index < -0.39 is 26.6 Å². The molecule has 0 aliphatic carbocycles. The first-order valence-electron chi connectivity index (χ1n) is 9.31. The number of carbonyl (C=O) groups excluding carboxylic acids is 1. The number of rotatable bonds is 6. The Morgan fingerprint density at radius 3 is 2.29 bits per heavy atom. The molecule has 4 aromatic rings. The monoisotopic (exact) mass is 524 g/mol. The van der Waals surface area contributed by atoms with Gasteiger partial charge in [-0.3, -0.25) is 4.79 Å². The average molecular weight is 525 g/mol. The molecule has 2 N–H and O–H groups in total. The highest BCUT2D eigenvalue weighted by atomic mass is 35.5. The third kappa shape index (κ3) is 4.92. The van der Waals surface area contributed by atoms with E-state index in [4.69, 9.17) is 27.9 Å². The lowest BCUT2D eigenvalue weighted by Gasteiger charge is -2.13. The average Bonchev–Trinajstić information content (AvgIpc) is 2.80. The van der Waals surface area contributed by atoms with Gasteiger partial charge in [-0.1, -0.05) is 35.3 Å². The molecule has 0 saturated carbocycles. The maximum atomic E-state index is 13.4. The molecule has 0 saturated heterocycles. The normalized spacial score (nSPS) is 11.4.